The smallest absolute Gasteiger partial charge is 0.223 e. The molecule has 3 N–H and O–H groups in total. The van der Waals surface area contributed by atoms with E-state index in [1.54, 1.807) is 23.1 Å². The summed E-state index contributed by atoms with van der Waals surface area (Å²) in [5.74, 6) is 0.744. The molecule has 0 saturated carbocycles. The van der Waals surface area contributed by atoms with E-state index in [-0.39, 0.29) is 5.95 Å². The molecule has 2 aromatic heterocycles. The SMILES string of the molecule is Nc1nc(Cl)cc(NCCn2ccnn2)n1. The summed E-state index contributed by atoms with van der Waals surface area (Å²) in [5, 5.41) is 10.9. The Bertz CT molecular complexity index is 435. The number of aromatic nitrogens is 5. The second kappa shape index (κ2) is 4.75. The van der Waals surface area contributed by atoms with Gasteiger partial charge in [0.15, 0.2) is 0 Å². The minimum Gasteiger partial charge on any atom is -0.368 e. The predicted molar refractivity (Wildman–Crippen MR) is 60.0 cm³/mol. The van der Waals surface area contributed by atoms with E-state index >= 15 is 0 Å². The summed E-state index contributed by atoms with van der Waals surface area (Å²) in [4.78, 5) is 7.74. The molecule has 84 valence electrons. The number of anilines is 2. The van der Waals surface area contributed by atoms with Crippen LogP contribution in [-0.4, -0.2) is 31.5 Å². The van der Waals surface area contributed by atoms with Crippen molar-refractivity contribution in [2.75, 3.05) is 17.6 Å². The van der Waals surface area contributed by atoms with E-state index in [4.69, 9.17) is 17.3 Å². The predicted octanol–water partition coefficient (Wildman–Crippen LogP) is 0.416. The third-order valence-electron chi connectivity index (χ3n) is 1.83. The number of nitrogen functional groups attached to an aromatic ring is 1. The van der Waals surface area contributed by atoms with Crippen molar-refractivity contribution in [2.24, 2.45) is 0 Å². The summed E-state index contributed by atoms with van der Waals surface area (Å²) < 4.78 is 1.71. The summed E-state index contributed by atoms with van der Waals surface area (Å²) >= 11 is 5.73. The van der Waals surface area contributed by atoms with Crippen LogP contribution in [0.3, 0.4) is 0 Å². The van der Waals surface area contributed by atoms with Gasteiger partial charge in [-0.15, -0.1) is 5.10 Å². The molecule has 0 radical (unpaired) electrons. The highest BCUT2D eigenvalue weighted by molar-refractivity contribution is 6.29. The molecule has 0 bridgehead atoms. The first-order valence-electron chi connectivity index (χ1n) is 4.62. The third kappa shape index (κ3) is 2.80. The van der Waals surface area contributed by atoms with Crippen LogP contribution in [0.5, 0.6) is 0 Å². The molecule has 0 fully saturated rings. The van der Waals surface area contributed by atoms with Crippen LogP contribution < -0.4 is 11.1 Å². The molecular weight excluding hydrogens is 230 g/mol. The lowest BCUT2D eigenvalue weighted by Gasteiger charge is -2.05. The summed E-state index contributed by atoms with van der Waals surface area (Å²) in [6.07, 6.45) is 3.41. The number of hydrogen-bond donors (Lipinski definition) is 2. The largest absolute Gasteiger partial charge is 0.368 e. The van der Waals surface area contributed by atoms with E-state index in [1.165, 1.54) is 0 Å². The van der Waals surface area contributed by atoms with Gasteiger partial charge in [0.25, 0.3) is 0 Å². The van der Waals surface area contributed by atoms with Gasteiger partial charge in [-0.25, -0.2) is 4.98 Å². The zero-order chi connectivity index (χ0) is 11.4. The fourth-order valence-electron chi connectivity index (χ4n) is 1.18. The first-order chi connectivity index (χ1) is 7.74. The van der Waals surface area contributed by atoms with Crippen LogP contribution in [0.2, 0.25) is 5.15 Å². The minimum absolute atomic E-state index is 0.149. The van der Waals surface area contributed by atoms with Gasteiger partial charge >= 0.3 is 0 Å². The number of hydrogen-bond acceptors (Lipinski definition) is 6. The van der Waals surface area contributed by atoms with Crippen LogP contribution in [0.15, 0.2) is 18.5 Å². The Labute approximate surface area is 96.6 Å². The molecule has 16 heavy (non-hydrogen) atoms. The van der Waals surface area contributed by atoms with Gasteiger partial charge in [-0.3, -0.25) is 4.68 Å². The fourth-order valence-corrected chi connectivity index (χ4v) is 1.37. The Morgan fingerprint density at radius 1 is 1.44 bits per heavy atom. The maximum atomic E-state index is 5.73. The quantitative estimate of drug-likeness (QED) is 0.751. The average Bonchev–Trinajstić information content (AvgIpc) is 2.69. The molecule has 2 aromatic rings. The van der Waals surface area contributed by atoms with Crippen molar-refractivity contribution in [1.29, 1.82) is 0 Å². The van der Waals surface area contributed by atoms with Crippen molar-refractivity contribution in [3.8, 4) is 0 Å². The maximum Gasteiger partial charge on any atom is 0.223 e. The Morgan fingerprint density at radius 3 is 3.00 bits per heavy atom. The standard InChI is InChI=1S/C8H10ClN7/c9-6-5-7(14-8(10)13-6)11-1-3-16-4-2-12-15-16/h2,4-5H,1,3H2,(H3,10,11,13,14). The molecule has 7 nitrogen and oxygen atoms in total. The molecule has 0 aliphatic rings. The molecule has 0 aliphatic heterocycles. The van der Waals surface area contributed by atoms with Crippen LogP contribution in [-0.2, 0) is 6.54 Å². The lowest BCUT2D eigenvalue weighted by Crippen LogP contribution is -2.12. The topological polar surface area (TPSA) is 94.5 Å². The highest BCUT2D eigenvalue weighted by Crippen LogP contribution is 2.11. The van der Waals surface area contributed by atoms with Crippen molar-refractivity contribution in [3.05, 3.63) is 23.6 Å². The van der Waals surface area contributed by atoms with Crippen molar-refractivity contribution >= 4 is 23.4 Å². The second-order valence-electron chi connectivity index (χ2n) is 3.03. The van der Waals surface area contributed by atoms with E-state index < -0.39 is 0 Å². The molecule has 2 rings (SSSR count). The van der Waals surface area contributed by atoms with Gasteiger partial charge in [-0.2, -0.15) is 4.98 Å². The number of nitrogens with zero attached hydrogens (tertiary/aromatic N) is 5. The Hall–Kier alpha value is -1.89. The zero-order valence-corrected chi connectivity index (χ0v) is 9.09. The summed E-state index contributed by atoms with van der Waals surface area (Å²) in [6, 6.07) is 1.61. The highest BCUT2D eigenvalue weighted by atomic mass is 35.5. The normalized spacial score (nSPS) is 10.3. The van der Waals surface area contributed by atoms with Crippen LogP contribution in [0.4, 0.5) is 11.8 Å². The van der Waals surface area contributed by atoms with E-state index in [0.29, 0.717) is 24.1 Å². The Kier molecular flexibility index (Phi) is 3.16. The van der Waals surface area contributed by atoms with Gasteiger partial charge in [0.05, 0.1) is 12.7 Å². The average molecular weight is 240 g/mol. The van der Waals surface area contributed by atoms with Crippen molar-refractivity contribution in [3.63, 3.8) is 0 Å². The van der Waals surface area contributed by atoms with Gasteiger partial charge in [-0.05, 0) is 0 Å². The molecule has 8 heteroatoms. The van der Waals surface area contributed by atoms with Crippen LogP contribution >= 0.6 is 11.6 Å². The van der Waals surface area contributed by atoms with E-state index in [9.17, 15) is 0 Å². The number of rotatable bonds is 4. The second-order valence-corrected chi connectivity index (χ2v) is 3.41. The summed E-state index contributed by atoms with van der Waals surface area (Å²) in [5.41, 5.74) is 5.45. The van der Waals surface area contributed by atoms with Gasteiger partial charge in [0.1, 0.15) is 11.0 Å². The van der Waals surface area contributed by atoms with E-state index in [1.807, 2.05) is 0 Å². The van der Waals surface area contributed by atoms with Gasteiger partial charge in [0, 0.05) is 18.8 Å². The zero-order valence-electron chi connectivity index (χ0n) is 8.34. The number of halogens is 1. The van der Waals surface area contributed by atoms with E-state index in [0.717, 1.165) is 0 Å². The molecule has 0 saturated heterocycles. The van der Waals surface area contributed by atoms with Crippen LogP contribution in [0, 0.1) is 0 Å². The van der Waals surface area contributed by atoms with Crippen LogP contribution in [0.1, 0.15) is 0 Å². The van der Waals surface area contributed by atoms with Crippen molar-refractivity contribution in [2.45, 2.75) is 6.54 Å². The molecule has 0 amide bonds. The Morgan fingerprint density at radius 2 is 2.31 bits per heavy atom. The summed E-state index contributed by atoms with van der Waals surface area (Å²) in [7, 11) is 0. The molecule has 0 aliphatic carbocycles. The van der Waals surface area contributed by atoms with Crippen molar-refractivity contribution < 1.29 is 0 Å². The van der Waals surface area contributed by atoms with Crippen LogP contribution in [0.25, 0.3) is 0 Å². The lowest BCUT2D eigenvalue weighted by atomic mass is 10.5. The first kappa shape index (κ1) is 10.6. The molecule has 0 atom stereocenters. The lowest BCUT2D eigenvalue weighted by molar-refractivity contribution is 0.608. The van der Waals surface area contributed by atoms with Crippen molar-refractivity contribution in [1.82, 2.24) is 25.0 Å². The highest BCUT2D eigenvalue weighted by Gasteiger charge is 1.99. The monoisotopic (exact) mass is 239 g/mol. The minimum atomic E-state index is 0.149. The fraction of sp³-hybridized carbons (Fsp3) is 0.250. The first-order valence-corrected chi connectivity index (χ1v) is 5.00. The number of nitrogens with one attached hydrogen (secondary N) is 1. The third-order valence-corrected chi connectivity index (χ3v) is 2.02. The molecule has 0 unspecified atom stereocenters. The molecule has 2 heterocycles. The molecule has 0 spiro atoms. The summed E-state index contributed by atoms with van der Waals surface area (Å²) in [6.45, 7) is 1.33. The van der Waals surface area contributed by atoms with E-state index in [2.05, 4.69) is 25.6 Å². The van der Waals surface area contributed by atoms with Gasteiger partial charge < -0.3 is 11.1 Å². The molecular formula is C8H10ClN7. The Balaban J connectivity index is 1.89. The number of nitrogens with two attached hydrogens (primary N) is 1. The van der Waals surface area contributed by atoms with Gasteiger partial charge in [-0.1, -0.05) is 16.8 Å². The van der Waals surface area contributed by atoms with Gasteiger partial charge in [0.2, 0.25) is 5.95 Å². The maximum absolute atomic E-state index is 5.73. The molecule has 0 aromatic carbocycles.